The van der Waals surface area contributed by atoms with Gasteiger partial charge in [-0.1, -0.05) is 31.2 Å². The molecule has 1 aliphatic heterocycles. The molecule has 1 aromatic carbocycles. The fourth-order valence-electron chi connectivity index (χ4n) is 3.27. The van der Waals surface area contributed by atoms with Crippen molar-refractivity contribution in [1.82, 2.24) is 4.90 Å². The van der Waals surface area contributed by atoms with E-state index < -0.39 is 23.5 Å². The Morgan fingerprint density at radius 3 is 2.57 bits per heavy atom. The van der Waals surface area contributed by atoms with Crippen LogP contribution in [0.3, 0.4) is 0 Å². The van der Waals surface area contributed by atoms with Crippen LogP contribution in [0.4, 0.5) is 0 Å². The molecule has 1 aromatic heterocycles. The van der Waals surface area contributed by atoms with Gasteiger partial charge in [-0.15, -0.1) is 0 Å². The van der Waals surface area contributed by atoms with E-state index in [9.17, 15) is 14.7 Å². The molecule has 2 heterocycles. The molecule has 7 heteroatoms. The first kappa shape index (κ1) is 19.9. The van der Waals surface area contributed by atoms with E-state index in [1.54, 1.807) is 6.07 Å². The second kappa shape index (κ2) is 8.86. The highest BCUT2D eigenvalue weighted by Crippen LogP contribution is 2.38. The number of aliphatic hydroxyl groups is 2. The second-order valence-electron chi connectivity index (χ2n) is 6.40. The highest BCUT2D eigenvalue weighted by molar-refractivity contribution is 6.15. The van der Waals surface area contributed by atoms with Crippen LogP contribution in [0.1, 0.15) is 34.6 Å². The Balaban J connectivity index is 1.96. The summed E-state index contributed by atoms with van der Waals surface area (Å²) in [6, 6.07) is 9.91. The average molecular weight is 385 g/mol. The Labute approximate surface area is 162 Å². The SMILES string of the molecule is CCc1ccc(C2C(C(=O)c3ccco3)=C(O)C(=O)N2CCOCCO)cc1. The van der Waals surface area contributed by atoms with Crippen LogP contribution in [0.2, 0.25) is 0 Å². The minimum atomic E-state index is -0.742. The van der Waals surface area contributed by atoms with Crippen LogP contribution in [-0.4, -0.2) is 53.2 Å². The van der Waals surface area contributed by atoms with Crippen molar-refractivity contribution >= 4 is 11.7 Å². The molecule has 2 N–H and O–H groups in total. The number of ether oxygens (including phenoxy) is 1. The molecule has 0 bridgehead atoms. The summed E-state index contributed by atoms with van der Waals surface area (Å²) >= 11 is 0. The fourth-order valence-corrected chi connectivity index (χ4v) is 3.27. The molecule has 1 atom stereocenters. The number of furan rings is 1. The van der Waals surface area contributed by atoms with Gasteiger partial charge < -0.3 is 24.3 Å². The summed E-state index contributed by atoms with van der Waals surface area (Å²) in [5.74, 6) is -1.68. The minimum absolute atomic E-state index is 0.00800. The summed E-state index contributed by atoms with van der Waals surface area (Å²) in [5, 5.41) is 19.3. The number of benzene rings is 1. The van der Waals surface area contributed by atoms with E-state index in [1.807, 2.05) is 31.2 Å². The van der Waals surface area contributed by atoms with E-state index in [0.29, 0.717) is 5.56 Å². The number of ketones is 1. The number of hydrogen-bond acceptors (Lipinski definition) is 6. The van der Waals surface area contributed by atoms with E-state index in [-0.39, 0.29) is 37.7 Å². The zero-order valence-electron chi connectivity index (χ0n) is 15.6. The van der Waals surface area contributed by atoms with E-state index in [0.717, 1.165) is 12.0 Å². The topological polar surface area (TPSA) is 100 Å². The number of aryl methyl sites for hydroxylation is 1. The van der Waals surface area contributed by atoms with Crippen LogP contribution in [0, 0.1) is 0 Å². The molecule has 0 radical (unpaired) electrons. The number of carbonyl (C=O) groups excluding carboxylic acids is 2. The Bertz CT molecular complexity index is 854. The quantitative estimate of drug-likeness (QED) is 0.508. The fraction of sp³-hybridized carbons (Fsp3) is 0.333. The minimum Gasteiger partial charge on any atom is -0.503 e. The molecule has 0 spiro atoms. The first-order valence-electron chi connectivity index (χ1n) is 9.18. The summed E-state index contributed by atoms with van der Waals surface area (Å²) in [6.45, 7) is 2.40. The molecule has 2 aromatic rings. The number of hydrogen-bond donors (Lipinski definition) is 2. The van der Waals surface area contributed by atoms with Gasteiger partial charge in [0.25, 0.3) is 5.91 Å². The highest BCUT2D eigenvalue weighted by Gasteiger charge is 2.44. The summed E-state index contributed by atoms with van der Waals surface area (Å²) in [5.41, 5.74) is 1.83. The lowest BCUT2D eigenvalue weighted by Gasteiger charge is -2.26. The van der Waals surface area contributed by atoms with Gasteiger partial charge in [0.2, 0.25) is 5.78 Å². The van der Waals surface area contributed by atoms with Crippen molar-refractivity contribution in [2.24, 2.45) is 0 Å². The molecule has 1 unspecified atom stereocenters. The van der Waals surface area contributed by atoms with Crippen LogP contribution in [-0.2, 0) is 16.0 Å². The maximum Gasteiger partial charge on any atom is 0.290 e. The third-order valence-corrected chi connectivity index (χ3v) is 4.71. The molecule has 7 nitrogen and oxygen atoms in total. The van der Waals surface area contributed by atoms with Crippen LogP contribution in [0.15, 0.2) is 58.4 Å². The van der Waals surface area contributed by atoms with Gasteiger partial charge in [-0.25, -0.2) is 0 Å². The monoisotopic (exact) mass is 385 g/mol. The largest absolute Gasteiger partial charge is 0.503 e. The Kier molecular flexibility index (Phi) is 6.28. The van der Waals surface area contributed by atoms with Gasteiger partial charge in [0, 0.05) is 6.54 Å². The molecular weight excluding hydrogens is 362 g/mol. The number of nitrogens with zero attached hydrogens (tertiary/aromatic N) is 1. The van der Waals surface area contributed by atoms with Gasteiger partial charge in [0.05, 0.1) is 37.7 Å². The number of rotatable bonds is 9. The molecule has 1 amide bonds. The number of Topliss-reactive ketones (excluding diaryl/α,β-unsaturated/α-hetero) is 1. The third kappa shape index (κ3) is 3.85. The Morgan fingerprint density at radius 1 is 1.21 bits per heavy atom. The van der Waals surface area contributed by atoms with E-state index >= 15 is 0 Å². The maximum absolute atomic E-state index is 12.9. The normalized spacial score (nSPS) is 16.9. The molecule has 148 valence electrons. The second-order valence-corrected chi connectivity index (χ2v) is 6.40. The van der Waals surface area contributed by atoms with Gasteiger partial charge in [0.15, 0.2) is 11.5 Å². The first-order valence-corrected chi connectivity index (χ1v) is 9.18. The van der Waals surface area contributed by atoms with Crippen molar-refractivity contribution in [2.45, 2.75) is 19.4 Å². The van der Waals surface area contributed by atoms with Crippen LogP contribution >= 0.6 is 0 Å². The number of aliphatic hydroxyl groups excluding tert-OH is 2. The van der Waals surface area contributed by atoms with Crippen LogP contribution in [0.25, 0.3) is 0 Å². The van der Waals surface area contributed by atoms with Gasteiger partial charge in [0.1, 0.15) is 0 Å². The molecule has 28 heavy (non-hydrogen) atoms. The standard InChI is InChI=1S/C21H23NO6/c1-2-14-5-7-15(8-6-14)18-17(19(24)16-4-3-11-28-16)20(25)21(26)22(18)9-12-27-13-10-23/h3-8,11,18,23,25H,2,9-10,12-13H2,1H3. The Hall–Kier alpha value is -2.90. The zero-order valence-corrected chi connectivity index (χ0v) is 15.6. The summed E-state index contributed by atoms with van der Waals surface area (Å²) in [6.07, 6.45) is 2.23. The predicted molar refractivity (Wildman–Crippen MR) is 101 cm³/mol. The molecule has 0 saturated carbocycles. The van der Waals surface area contributed by atoms with Crippen molar-refractivity contribution in [3.8, 4) is 0 Å². The molecular formula is C21H23NO6. The lowest BCUT2D eigenvalue weighted by Crippen LogP contribution is -2.34. The highest BCUT2D eigenvalue weighted by atomic mass is 16.5. The predicted octanol–water partition coefficient (Wildman–Crippen LogP) is 2.43. The van der Waals surface area contributed by atoms with Gasteiger partial charge in [-0.3, -0.25) is 9.59 Å². The molecule has 0 fully saturated rings. The summed E-state index contributed by atoms with van der Waals surface area (Å²) in [4.78, 5) is 27.0. The zero-order chi connectivity index (χ0) is 20.1. The lowest BCUT2D eigenvalue weighted by atomic mass is 9.94. The van der Waals surface area contributed by atoms with Crippen molar-refractivity contribution in [3.63, 3.8) is 0 Å². The molecule has 0 aliphatic carbocycles. The average Bonchev–Trinajstić information content (AvgIpc) is 3.33. The van der Waals surface area contributed by atoms with Crippen molar-refractivity contribution in [2.75, 3.05) is 26.4 Å². The van der Waals surface area contributed by atoms with Gasteiger partial charge >= 0.3 is 0 Å². The smallest absolute Gasteiger partial charge is 0.290 e. The molecule has 1 aliphatic rings. The Morgan fingerprint density at radius 2 is 1.96 bits per heavy atom. The lowest BCUT2D eigenvalue weighted by molar-refractivity contribution is -0.130. The van der Waals surface area contributed by atoms with Crippen LogP contribution in [0.5, 0.6) is 0 Å². The maximum atomic E-state index is 12.9. The molecule has 0 saturated heterocycles. The molecule has 3 rings (SSSR count). The van der Waals surface area contributed by atoms with Crippen molar-refractivity contribution in [1.29, 1.82) is 0 Å². The summed E-state index contributed by atoms with van der Waals surface area (Å²) in [7, 11) is 0. The van der Waals surface area contributed by atoms with E-state index in [4.69, 9.17) is 14.3 Å². The van der Waals surface area contributed by atoms with Gasteiger partial charge in [-0.2, -0.15) is 0 Å². The number of amides is 1. The van der Waals surface area contributed by atoms with Crippen LogP contribution < -0.4 is 0 Å². The summed E-state index contributed by atoms with van der Waals surface area (Å²) < 4.78 is 10.5. The van der Waals surface area contributed by atoms with Crippen molar-refractivity contribution < 1.29 is 29.0 Å². The number of carbonyl (C=O) groups is 2. The van der Waals surface area contributed by atoms with E-state index in [2.05, 4.69) is 0 Å². The first-order chi connectivity index (χ1) is 13.6. The van der Waals surface area contributed by atoms with Gasteiger partial charge in [-0.05, 0) is 29.7 Å². The third-order valence-electron chi connectivity index (χ3n) is 4.71. The van der Waals surface area contributed by atoms with E-state index in [1.165, 1.54) is 17.2 Å². The van der Waals surface area contributed by atoms with Crippen molar-refractivity contribution in [3.05, 3.63) is 70.9 Å².